The molecular weight excluding hydrogens is 422 g/mol. The second-order valence-corrected chi connectivity index (χ2v) is 8.88. The number of carbonyl (C=O) groups is 2. The highest BCUT2D eigenvalue weighted by molar-refractivity contribution is 5.90. The Labute approximate surface area is 198 Å². The fraction of sp³-hybridized carbons (Fsp3) is 0.615. The summed E-state index contributed by atoms with van der Waals surface area (Å²) >= 11 is 0. The zero-order valence-corrected chi connectivity index (χ0v) is 20.9. The number of nitrogens with zero attached hydrogens (tertiary/aromatic N) is 1. The molecule has 0 radical (unpaired) electrons. The Morgan fingerprint density at radius 2 is 1.91 bits per heavy atom. The first-order valence-electron chi connectivity index (χ1n) is 11.9. The first kappa shape index (κ1) is 26.7. The normalized spacial score (nSPS) is 21.9. The number of esters is 1. The molecule has 7 heteroatoms. The third kappa shape index (κ3) is 7.77. The first-order valence-corrected chi connectivity index (χ1v) is 11.9. The van der Waals surface area contributed by atoms with Gasteiger partial charge in [0.25, 0.3) is 0 Å². The molecule has 0 aromatic heterocycles. The van der Waals surface area contributed by atoms with Gasteiger partial charge >= 0.3 is 12.1 Å². The maximum absolute atomic E-state index is 13.0. The van der Waals surface area contributed by atoms with Gasteiger partial charge in [-0.1, -0.05) is 32.1 Å². The van der Waals surface area contributed by atoms with Gasteiger partial charge in [-0.05, 0) is 58.6 Å². The number of piperidine rings is 1. The number of rotatable bonds is 1. The number of ether oxygens (including phenoxy) is 4. The van der Waals surface area contributed by atoms with Crippen molar-refractivity contribution in [3.8, 4) is 5.75 Å². The monoisotopic (exact) mass is 461 g/mol. The fourth-order valence-corrected chi connectivity index (χ4v) is 3.86. The summed E-state index contributed by atoms with van der Waals surface area (Å²) in [7, 11) is 1.35. The lowest BCUT2D eigenvalue weighted by atomic mass is 9.92. The molecule has 0 N–H and O–H groups in total. The molecule has 1 saturated heterocycles. The lowest BCUT2D eigenvalue weighted by molar-refractivity contribution is -0.0257. The minimum Gasteiger partial charge on any atom is -0.493 e. The largest absolute Gasteiger partial charge is 0.493 e. The van der Waals surface area contributed by atoms with Crippen LogP contribution in [0.5, 0.6) is 5.75 Å². The molecule has 2 atom stereocenters. The molecule has 33 heavy (non-hydrogen) atoms. The summed E-state index contributed by atoms with van der Waals surface area (Å²) in [6, 6.07) is 4.99. The maximum atomic E-state index is 13.0. The van der Waals surface area contributed by atoms with Crippen LogP contribution < -0.4 is 4.74 Å². The number of fused-ring (bicyclic) bond motifs is 4. The Morgan fingerprint density at radius 3 is 2.61 bits per heavy atom. The topological polar surface area (TPSA) is 74.3 Å². The molecule has 0 aliphatic carbocycles. The van der Waals surface area contributed by atoms with Crippen molar-refractivity contribution in [2.45, 2.75) is 78.0 Å². The van der Waals surface area contributed by atoms with Crippen molar-refractivity contribution < 1.29 is 28.5 Å². The third-order valence-corrected chi connectivity index (χ3v) is 5.34. The van der Waals surface area contributed by atoms with Crippen LogP contribution in [0.4, 0.5) is 4.79 Å². The van der Waals surface area contributed by atoms with Gasteiger partial charge in [0, 0.05) is 12.1 Å². The number of allylic oxidation sites excluding steroid dienone is 1. The second kappa shape index (κ2) is 12.6. The van der Waals surface area contributed by atoms with E-state index in [-0.39, 0.29) is 18.2 Å². The van der Waals surface area contributed by atoms with Crippen LogP contribution in [-0.4, -0.2) is 55.5 Å². The molecule has 184 valence electrons. The highest BCUT2D eigenvalue weighted by Crippen LogP contribution is 2.39. The third-order valence-electron chi connectivity index (χ3n) is 5.34. The molecule has 0 spiro atoms. The fourth-order valence-electron chi connectivity index (χ4n) is 3.86. The van der Waals surface area contributed by atoms with Gasteiger partial charge in [-0.25, -0.2) is 9.59 Å². The maximum Gasteiger partial charge on any atom is 0.410 e. The predicted molar refractivity (Wildman–Crippen MR) is 128 cm³/mol. The van der Waals surface area contributed by atoms with E-state index in [2.05, 4.69) is 6.08 Å². The van der Waals surface area contributed by atoms with Crippen molar-refractivity contribution in [3.63, 3.8) is 0 Å². The smallest absolute Gasteiger partial charge is 0.410 e. The van der Waals surface area contributed by atoms with E-state index in [1.54, 1.807) is 17.0 Å². The van der Waals surface area contributed by atoms with Crippen LogP contribution in [0.3, 0.4) is 0 Å². The molecular formula is C26H39NO6. The van der Waals surface area contributed by atoms with Crippen LogP contribution in [0.2, 0.25) is 0 Å². The number of hydrogen-bond donors (Lipinski definition) is 0. The van der Waals surface area contributed by atoms with E-state index in [0.717, 1.165) is 24.8 Å². The molecule has 2 aliphatic heterocycles. The summed E-state index contributed by atoms with van der Waals surface area (Å²) in [6.07, 6.45) is 6.87. The molecule has 2 bridgehead atoms. The molecule has 1 amide bonds. The number of hydrogen-bond acceptors (Lipinski definition) is 6. The molecule has 1 fully saturated rings. The van der Waals surface area contributed by atoms with E-state index in [1.807, 2.05) is 46.8 Å². The molecule has 2 heterocycles. The molecule has 1 unspecified atom stereocenters. The summed E-state index contributed by atoms with van der Waals surface area (Å²) in [5.74, 6) is 0.163. The average molecular weight is 462 g/mol. The van der Waals surface area contributed by atoms with Crippen molar-refractivity contribution in [1.82, 2.24) is 4.90 Å². The SMILES string of the molecule is CC.COC(=O)c1ccc2c(c1)OCCC/C=C\COC1CCN(C(=O)OC(C)(C)C)[C@H]2C1. The van der Waals surface area contributed by atoms with Crippen LogP contribution in [-0.2, 0) is 14.2 Å². The van der Waals surface area contributed by atoms with Gasteiger partial charge in [-0.15, -0.1) is 0 Å². The van der Waals surface area contributed by atoms with Crippen LogP contribution in [0.1, 0.15) is 82.3 Å². The predicted octanol–water partition coefficient (Wildman–Crippen LogP) is 5.69. The van der Waals surface area contributed by atoms with E-state index < -0.39 is 11.6 Å². The minimum absolute atomic E-state index is 0.0159. The van der Waals surface area contributed by atoms with E-state index in [0.29, 0.717) is 37.5 Å². The standard InChI is InChI=1S/C24H33NO6.C2H6/c1-24(2,3)31-23(27)25-12-11-18-16-20(25)19-10-9-17(22(26)28-4)15-21(19)30-14-8-6-5-7-13-29-18;1-2/h5,7,9-10,15,18,20H,6,8,11-14,16H2,1-4H3;1-2H3/b7-5-;/t18?,20-;/m0./s1. The molecule has 7 nitrogen and oxygen atoms in total. The van der Waals surface area contributed by atoms with Crippen molar-refractivity contribution in [3.05, 3.63) is 41.5 Å². The molecule has 1 aromatic carbocycles. The van der Waals surface area contributed by atoms with E-state index in [9.17, 15) is 9.59 Å². The highest BCUT2D eigenvalue weighted by Gasteiger charge is 2.37. The second-order valence-electron chi connectivity index (χ2n) is 8.88. The number of benzene rings is 1. The van der Waals surface area contributed by atoms with Gasteiger partial charge in [-0.2, -0.15) is 0 Å². The van der Waals surface area contributed by atoms with Gasteiger partial charge in [0.05, 0.1) is 38.0 Å². The molecule has 0 saturated carbocycles. The van der Waals surface area contributed by atoms with Gasteiger partial charge < -0.3 is 23.8 Å². The van der Waals surface area contributed by atoms with Gasteiger partial charge in [0.2, 0.25) is 0 Å². The van der Waals surface area contributed by atoms with Crippen molar-refractivity contribution in [2.75, 3.05) is 26.9 Å². The lowest BCUT2D eigenvalue weighted by Crippen LogP contribution is -2.45. The van der Waals surface area contributed by atoms with Gasteiger partial charge in [0.15, 0.2) is 0 Å². The van der Waals surface area contributed by atoms with Crippen molar-refractivity contribution >= 4 is 12.1 Å². The van der Waals surface area contributed by atoms with E-state index in [4.69, 9.17) is 18.9 Å². The van der Waals surface area contributed by atoms with E-state index >= 15 is 0 Å². The van der Waals surface area contributed by atoms with Crippen molar-refractivity contribution in [1.29, 1.82) is 0 Å². The molecule has 2 aliphatic rings. The zero-order valence-electron chi connectivity index (χ0n) is 20.9. The number of likely N-dealkylation sites (tertiary alicyclic amines) is 1. The highest BCUT2D eigenvalue weighted by atomic mass is 16.6. The summed E-state index contributed by atoms with van der Waals surface area (Å²) < 4.78 is 22.7. The Balaban J connectivity index is 0.00000187. The average Bonchev–Trinajstić information content (AvgIpc) is 2.80. The number of carbonyl (C=O) groups excluding carboxylic acids is 2. The Bertz CT molecular complexity index is 813. The minimum atomic E-state index is -0.591. The Morgan fingerprint density at radius 1 is 1.15 bits per heavy atom. The summed E-state index contributed by atoms with van der Waals surface area (Å²) in [4.78, 5) is 26.8. The van der Waals surface area contributed by atoms with Crippen molar-refractivity contribution in [2.24, 2.45) is 0 Å². The molecule has 3 rings (SSSR count). The van der Waals surface area contributed by atoms with Crippen LogP contribution >= 0.6 is 0 Å². The summed E-state index contributed by atoms with van der Waals surface area (Å²) in [5.41, 5.74) is 0.670. The number of amides is 1. The first-order chi connectivity index (χ1) is 15.8. The summed E-state index contributed by atoms with van der Waals surface area (Å²) in [6.45, 7) is 11.2. The molecule has 1 aromatic rings. The quantitative estimate of drug-likeness (QED) is 0.395. The van der Waals surface area contributed by atoms with E-state index in [1.165, 1.54) is 7.11 Å². The number of methoxy groups -OCH3 is 1. The van der Waals surface area contributed by atoms with Gasteiger partial charge in [0.1, 0.15) is 11.4 Å². The van der Waals surface area contributed by atoms with Crippen LogP contribution in [0.25, 0.3) is 0 Å². The summed E-state index contributed by atoms with van der Waals surface area (Å²) in [5, 5.41) is 0. The Hall–Kier alpha value is -2.54. The Kier molecular flexibility index (Phi) is 10.2. The lowest BCUT2D eigenvalue weighted by Gasteiger charge is -2.40. The van der Waals surface area contributed by atoms with Crippen LogP contribution in [0.15, 0.2) is 30.4 Å². The van der Waals surface area contributed by atoms with Crippen LogP contribution in [0, 0.1) is 0 Å². The zero-order chi connectivity index (χ0) is 24.4. The van der Waals surface area contributed by atoms with Gasteiger partial charge in [-0.3, -0.25) is 0 Å².